The van der Waals surface area contributed by atoms with E-state index in [1.54, 1.807) is 6.26 Å². The van der Waals surface area contributed by atoms with E-state index in [4.69, 9.17) is 10.2 Å². The van der Waals surface area contributed by atoms with E-state index < -0.39 is 0 Å². The Balaban J connectivity index is 2.27. The van der Waals surface area contributed by atoms with Gasteiger partial charge in [-0.2, -0.15) is 0 Å². The molecule has 1 aromatic heterocycles. The summed E-state index contributed by atoms with van der Waals surface area (Å²) in [6.45, 7) is 5.55. The summed E-state index contributed by atoms with van der Waals surface area (Å²) in [6, 6.07) is 8.41. The van der Waals surface area contributed by atoms with E-state index >= 15 is 0 Å². The molecule has 2 aromatic rings. The molecule has 0 aliphatic rings. The van der Waals surface area contributed by atoms with Gasteiger partial charge in [-0.3, -0.25) is 0 Å². The van der Waals surface area contributed by atoms with Crippen LogP contribution >= 0.6 is 11.8 Å². The number of hydrogen-bond donors (Lipinski definition) is 1. The lowest BCUT2D eigenvalue weighted by atomic mass is 10.1. The fourth-order valence-electron chi connectivity index (χ4n) is 2.32. The molecule has 0 saturated carbocycles. The number of thioether (sulfide) groups is 1. The van der Waals surface area contributed by atoms with Crippen molar-refractivity contribution >= 4 is 17.4 Å². The molecule has 0 amide bonds. The summed E-state index contributed by atoms with van der Waals surface area (Å²) in [7, 11) is 2.10. The third-order valence-corrected chi connectivity index (χ3v) is 4.38. The van der Waals surface area contributed by atoms with E-state index in [0.29, 0.717) is 6.54 Å². The van der Waals surface area contributed by atoms with Gasteiger partial charge in [0.15, 0.2) is 0 Å². The minimum atomic E-state index is 0.563. The van der Waals surface area contributed by atoms with Gasteiger partial charge >= 0.3 is 0 Å². The van der Waals surface area contributed by atoms with Crippen molar-refractivity contribution in [1.82, 2.24) is 0 Å². The van der Waals surface area contributed by atoms with Crippen molar-refractivity contribution < 1.29 is 4.42 Å². The molecule has 2 N–H and O–H groups in total. The fraction of sp³-hybridized carbons (Fsp3) is 0.375. The molecule has 0 spiro atoms. The van der Waals surface area contributed by atoms with Gasteiger partial charge < -0.3 is 15.1 Å². The summed E-state index contributed by atoms with van der Waals surface area (Å²) in [5.74, 6) is 2.03. The fourth-order valence-corrected chi connectivity index (χ4v) is 3.17. The third kappa shape index (κ3) is 3.19. The molecule has 0 atom stereocenters. The van der Waals surface area contributed by atoms with Crippen LogP contribution in [0.15, 0.2) is 39.8 Å². The second kappa shape index (κ2) is 6.86. The zero-order chi connectivity index (χ0) is 14.5. The molecule has 0 fully saturated rings. The minimum Gasteiger partial charge on any atom is -0.469 e. The molecule has 0 saturated heterocycles. The molecule has 108 valence electrons. The average Bonchev–Trinajstić information content (AvgIpc) is 2.84. The summed E-state index contributed by atoms with van der Waals surface area (Å²) in [6.07, 6.45) is 1.74. The number of hydrogen-bond acceptors (Lipinski definition) is 4. The smallest absolute Gasteiger partial charge is 0.105 e. The van der Waals surface area contributed by atoms with Crippen LogP contribution in [0.5, 0.6) is 0 Å². The highest BCUT2D eigenvalue weighted by Gasteiger charge is 2.12. The number of anilines is 1. The van der Waals surface area contributed by atoms with Crippen LogP contribution < -0.4 is 10.6 Å². The summed E-state index contributed by atoms with van der Waals surface area (Å²) in [5, 5.41) is 0. The van der Waals surface area contributed by atoms with Crippen LogP contribution in [0.4, 0.5) is 5.69 Å². The lowest BCUT2D eigenvalue weighted by Gasteiger charge is -2.23. The third-order valence-electron chi connectivity index (χ3n) is 3.40. The molecule has 1 heterocycles. The molecule has 4 heteroatoms. The zero-order valence-corrected chi connectivity index (χ0v) is 13.2. The van der Waals surface area contributed by atoms with E-state index in [1.807, 2.05) is 24.8 Å². The molecule has 1 aromatic carbocycles. The lowest BCUT2D eigenvalue weighted by Crippen LogP contribution is -2.19. The highest BCUT2D eigenvalue weighted by Crippen LogP contribution is 2.31. The van der Waals surface area contributed by atoms with Gasteiger partial charge in [0, 0.05) is 41.8 Å². The molecule has 20 heavy (non-hydrogen) atoms. The second-order valence-electron chi connectivity index (χ2n) is 4.75. The zero-order valence-electron chi connectivity index (χ0n) is 12.3. The molecule has 0 bridgehead atoms. The quantitative estimate of drug-likeness (QED) is 0.822. The number of nitrogens with zero attached hydrogens (tertiary/aromatic N) is 1. The molecule has 0 unspecified atom stereocenters. The Morgan fingerprint density at radius 1 is 1.30 bits per heavy atom. The first kappa shape index (κ1) is 15.0. The topological polar surface area (TPSA) is 42.4 Å². The standard InChI is InChI=1S/C16H22N2OS/c1-4-20-16-7-5-6-15(14(16)10-17)18(3)11-13-8-9-19-12(13)2/h5-9H,4,10-11,17H2,1-3H3. The largest absolute Gasteiger partial charge is 0.469 e. The van der Waals surface area contributed by atoms with Crippen LogP contribution in [-0.2, 0) is 13.1 Å². The van der Waals surface area contributed by atoms with Crippen LogP contribution in [0.2, 0.25) is 0 Å². The van der Waals surface area contributed by atoms with Gasteiger partial charge in [-0.15, -0.1) is 11.8 Å². The van der Waals surface area contributed by atoms with Gasteiger partial charge in [0.25, 0.3) is 0 Å². The molecule has 0 radical (unpaired) electrons. The summed E-state index contributed by atoms with van der Waals surface area (Å²) >= 11 is 1.84. The Hall–Kier alpha value is -1.39. The average molecular weight is 290 g/mol. The van der Waals surface area contributed by atoms with Gasteiger partial charge in [-0.25, -0.2) is 0 Å². The van der Waals surface area contributed by atoms with Crippen molar-refractivity contribution in [3.63, 3.8) is 0 Å². The predicted octanol–water partition coefficient (Wildman–Crippen LogP) is 3.80. The maximum absolute atomic E-state index is 5.96. The molecule has 3 nitrogen and oxygen atoms in total. The minimum absolute atomic E-state index is 0.563. The Kier molecular flexibility index (Phi) is 5.15. The van der Waals surface area contributed by atoms with Gasteiger partial charge in [0.05, 0.1) is 6.26 Å². The first-order chi connectivity index (χ1) is 9.67. The normalized spacial score (nSPS) is 10.8. The van der Waals surface area contributed by atoms with Gasteiger partial charge in [-0.05, 0) is 30.9 Å². The highest BCUT2D eigenvalue weighted by molar-refractivity contribution is 7.99. The number of furan rings is 1. The molecule has 0 aliphatic heterocycles. The molecule has 0 aliphatic carbocycles. The van der Waals surface area contributed by atoms with E-state index in [9.17, 15) is 0 Å². The van der Waals surface area contributed by atoms with Gasteiger partial charge in [0.2, 0.25) is 0 Å². The number of benzene rings is 1. The van der Waals surface area contributed by atoms with Crippen LogP contribution in [0.3, 0.4) is 0 Å². The number of aryl methyl sites for hydroxylation is 1. The van der Waals surface area contributed by atoms with E-state index in [2.05, 4.69) is 37.1 Å². The van der Waals surface area contributed by atoms with Crippen LogP contribution in [0.1, 0.15) is 23.8 Å². The number of rotatable bonds is 6. The van der Waals surface area contributed by atoms with Crippen molar-refractivity contribution in [2.45, 2.75) is 31.8 Å². The van der Waals surface area contributed by atoms with Gasteiger partial charge in [0.1, 0.15) is 5.76 Å². The monoisotopic (exact) mass is 290 g/mol. The van der Waals surface area contributed by atoms with E-state index in [-0.39, 0.29) is 0 Å². The molecular weight excluding hydrogens is 268 g/mol. The first-order valence-electron chi connectivity index (χ1n) is 6.86. The second-order valence-corrected chi connectivity index (χ2v) is 6.05. The Morgan fingerprint density at radius 3 is 2.70 bits per heavy atom. The van der Waals surface area contributed by atoms with Crippen molar-refractivity contribution in [2.24, 2.45) is 5.73 Å². The van der Waals surface area contributed by atoms with Crippen molar-refractivity contribution in [3.05, 3.63) is 47.4 Å². The Morgan fingerprint density at radius 2 is 2.10 bits per heavy atom. The van der Waals surface area contributed by atoms with Crippen LogP contribution in [-0.4, -0.2) is 12.8 Å². The molecule has 2 rings (SSSR count). The van der Waals surface area contributed by atoms with Crippen molar-refractivity contribution in [3.8, 4) is 0 Å². The Labute approximate surface area is 125 Å². The predicted molar refractivity (Wildman–Crippen MR) is 86.3 cm³/mol. The summed E-state index contributed by atoms with van der Waals surface area (Å²) < 4.78 is 5.36. The maximum Gasteiger partial charge on any atom is 0.105 e. The van der Waals surface area contributed by atoms with E-state index in [1.165, 1.54) is 21.7 Å². The Bertz CT molecular complexity index is 565. The van der Waals surface area contributed by atoms with Gasteiger partial charge in [-0.1, -0.05) is 13.0 Å². The van der Waals surface area contributed by atoms with E-state index in [0.717, 1.165) is 18.1 Å². The van der Waals surface area contributed by atoms with Crippen LogP contribution in [0.25, 0.3) is 0 Å². The first-order valence-corrected chi connectivity index (χ1v) is 7.84. The SMILES string of the molecule is CCSc1cccc(N(C)Cc2ccoc2C)c1CN. The lowest BCUT2D eigenvalue weighted by molar-refractivity contribution is 0.529. The van der Waals surface area contributed by atoms with Crippen molar-refractivity contribution in [2.75, 3.05) is 17.7 Å². The van der Waals surface area contributed by atoms with Crippen molar-refractivity contribution in [1.29, 1.82) is 0 Å². The maximum atomic E-state index is 5.96. The summed E-state index contributed by atoms with van der Waals surface area (Å²) in [5.41, 5.74) is 9.60. The number of nitrogens with two attached hydrogens (primary N) is 1. The van der Waals surface area contributed by atoms with Crippen LogP contribution in [0, 0.1) is 6.92 Å². The summed E-state index contributed by atoms with van der Waals surface area (Å²) in [4.78, 5) is 3.52. The molecular formula is C16H22N2OS. The highest BCUT2D eigenvalue weighted by atomic mass is 32.2.